The van der Waals surface area contributed by atoms with Crippen molar-refractivity contribution in [2.75, 3.05) is 22.6 Å². The molecule has 0 atom stereocenters. The summed E-state index contributed by atoms with van der Waals surface area (Å²) in [7, 11) is 0. The summed E-state index contributed by atoms with van der Waals surface area (Å²) in [6.45, 7) is 3.40. The Labute approximate surface area is 168 Å². The van der Waals surface area contributed by atoms with Crippen LogP contribution in [0.25, 0.3) is 0 Å². The Bertz CT molecular complexity index is 958. The second kappa shape index (κ2) is 10.3. The average Bonchev–Trinajstić information content (AvgIpc) is 2.70. The van der Waals surface area contributed by atoms with Gasteiger partial charge in [-0.25, -0.2) is 4.79 Å². The van der Waals surface area contributed by atoms with Gasteiger partial charge in [0.05, 0.1) is 12.2 Å². The number of benzene rings is 2. The Hall–Kier alpha value is -4.12. The Morgan fingerprint density at radius 3 is 2.07 bits per heavy atom. The zero-order chi connectivity index (χ0) is 21.2. The monoisotopic (exact) mass is 392 g/mol. The van der Waals surface area contributed by atoms with Gasteiger partial charge >= 0.3 is 5.97 Å². The molecule has 0 fully saturated rings. The molecule has 0 aliphatic rings. The van der Waals surface area contributed by atoms with Crippen LogP contribution in [0, 0.1) is 11.3 Å². The maximum atomic E-state index is 12.3. The van der Waals surface area contributed by atoms with Crippen LogP contribution >= 0.6 is 0 Å². The number of carbonyl (C=O) groups excluding carboxylic acids is 3. The second-order valence-electron chi connectivity index (χ2n) is 5.82. The van der Waals surface area contributed by atoms with Crippen LogP contribution in [0.3, 0.4) is 0 Å². The number of hydrogen-bond acceptors (Lipinski definition) is 6. The van der Waals surface area contributed by atoms with E-state index in [1.54, 1.807) is 43.3 Å². The molecule has 2 aromatic carbocycles. The van der Waals surface area contributed by atoms with Gasteiger partial charge in [0.1, 0.15) is 11.6 Å². The number of anilines is 3. The highest BCUT2D eigenvalue weighted by atomic mass is 16.5. The number of esters is 1. The number of hydrogen-bond donors (Lipinski definition) is 3. The quantitative estimate of drug-likeness (QED) is 0.378. The van der Waals surface area contributed by atoms with E-state index >= 15 is 0 Å². The fraction of sp³-hybridized carbons (Fsp3) is 0.143. The molecule has 0 saturated heterocycles. The van der Waals surface area contributed by atoms with E-state index in [4.69, 9.17) is 4.74 Å². The SMILES string of the molecule is CCOC(=O)c1ccc(NC(=O)/C(C#N)=C\Nc2ccc(NC(C)=O)cc2)cc1. The predicted molar refractivity (Wildman–Crippen MR) is 109 cm³/mol. The minimum absolute atomic E-state index is 0.134. The van der Waals surface area contributed by atoms with Gasteiger partial charge in [0.15, 0.2) is 0 Å². The van der Waals surface area contributed by atoms with Crippen molar-refractivity contribution in [2.45, 2.75) is 13.8 Å². The van der Waals surface area contributed by atoms with Crippen LogP contribution < -0.4 is 16.0 Å². The molecule has 0 heterocycles. The molecule has 0 radical (unpaired) electrons. The first-order valence-corrected chi connectivity index (χ1v) is 8.76. The molecular formula is C21H20N4O4. The van der Waals surface area contributed by atoms with E-state index < -0.39 is 11.9 Å². The molecule has 8 nitrogen and oxygen atoms in total. The molecule has 0 unspecified atom stereocenters. The van der Waals surface area contributed by atoms with Crippen molar-refractivity contribution in [3.8, 4) is 6.07 Å². The molecule has 0 aromatic heterocycles. The molecular weight excluding hydrogens is 372 g/mol. The summed E-state index contributed by atoms with van der Waals surface area (Å²) in [4.78, 5) is 34.9. The number of nitrogens with one attached hydrogen (secondary N) is 3. The van der Waals surface area contributed by atoms with Crippen LogP contribution in [0.4, 0.5) is 17.1 Å². The van der Waals surface area contributed by atoms with Crippen molar-refractivity contribution in [1.82, 2.24) is 0 Å². The summed E-state index contributed by atoms with van der Waals surface area (Å²) in [5, 5.41) is 17.3. The lowest BCUT2D eigenvalue weighted by Gasteiger charge is -2.07. The highest BCUT2D eigenvalue weighted by Crippen LogP contribution is 2.15. The molecule has 2 amide bonds. The van der Waals surface area contributed by atoms with Crippen molar-refractivity contribution in [3.63, 3.8) is 0 Å². The largest absolute Gasteiger partial charge is 0.462 e. The van der Waals surface area contributed by atoms with Crippen LogP contribution in [0.1, 0.15) is 24.2 Å². The normalized spacial score (nSPS) is 10.4. The van der Waals surface area contributed by atoms with Gasteiger partial charge in [-0.2, -0.15) is 5.26 Å². The van der Waals surface area contributed by atoms with Crippen molar-refractivity contribution in [2.24, 2.45) is 0 Å². The molecule has 148 valence electrons. The molecule has 0 saturated carbocycles. The fourth-order valence-electron chi connectivity index (χ4n) is 2.26. The van der Waals surface area contributed by atoms with Gasteiger partial charge in [0.25, 0.3) is 5.91 Å². The summed E-state index contributed by atoms with van der Waals surface area (Å²) in [6.07, 6.45) is 1.29. The van der Waals surface area contributed by atoms with Crippen LogP contribution in [0.5, 0.6) is 0 Å². The predicted octanol–water partition coefficient (Wildman–Crippen LogP) is 3.28. The lowest BCUT2D eigenvalue weighted by molar-refractivity contribution is -0.114. The Morgan fingerprint density at radius 1 is 0.966 bits per heavy atom. The summed E-state index contributed by atoms with van der Waals surface area (Å²) >= 11 is 0. The lowest BCUT2D eigenvalue weighted by atomic mass is 10.2. The van der Waals surface area contributed by atoms with E-state index in [9.17, 15) is 19.6 Å². The van der Waals surface area contributed by atoms with E-state index in [1.165, 1.54) is 25.3 Å². The van der Waals surface area contributed by atoms with Gasteiger partial charge in [-0.05, 0) is 55.5 Å². The molecule has 8 heteroatoms. The third-order valence-corrected chi connectivity index (χ3v) is 3.61. The molecule has 0 aliphatic heterocycles. The van der Waals surface area contributed by atoms with Gasteiger partial charge in [0.2, 0.25) is 5.91 Å². The highest BCUT2D eigenvalue weighted by molar-refractivity contribution is 6.07. The van der Waals surface area contributed by atoms with Crippen LogP contribution in [0.2, 0.25) is 0 Å². The molecule has 0 bridgehead atoms. The first-order chi connectivity index (χ1) is 13.9. The lowest BCUT2D eigenvalue weighted by Crippen LogP contribution is -2.14. The minimum Gasteiger partial charge on any atom is -0.462 e. The highest BCUT2D eigenvalue weighted by Gasteiger charge is 2.11. The number of carbonyl (C=O) groups is 3. The first kappa shape index (κ1) is 21.2. The summed E-state index contributed by atoms with van der Waals surface area (Å²) in [6, 6.07) is 14.8. The summed E-state index contributed by atoms with van der Waals surface area (Å²) < 4.78 is 4.90. The summed E-state index contributed by atoms with van der Waals surface area (Å²) in [5.74, 6) is -1.22. The molecule has 2 rings (SSSR count). The smallest absolute Gasteiger partial charge is 0.338 e. The van der Waals surface area contributed by atoms with Crippen LogP contribution in [0.15, 0.2) is 60.3 Å². The van der Waals surface area contributed by atoms with Gasteiger partial charge in [-0.1, -0.05) is 0 Å². The zero-order valence-electron chi connectivity index (χ0n) is 16.0. The molecule has 0 aliphatic carbocycles. The van der Waals surface area contributed by atoms with Gasteiger partial charge in [0, 0.05) is 30.2 Å². The maximum absolute atomic E-state index is 12.3. The van der Waals surface area contributed by atoms with E-state index in [1.807, 2.05) is 6.07 Å². The standard InChI is InChI=1S/C21H20N4O4/c1-3-29-21(28)15-4-6-19(7-5-15)25-20(27)16(12-22)13-23-17-8-10-18(11-9-17)24-14(2)26/h4-11,13,23H,3H2,1-2H3,(H,24,26)(H,25,27)/b16-13-. The van der Waals surface area contributed by atoms with Crippen LogP contribution in [-0.2, 0) is 14.3 Å². The first-order valence-electron chi connectivity index (χ1n) is 8.76. The molecule has 2 aromatic rings. The van der Waals surface area contributed by atoms with Crippen molar-refractivity contribution in [1.29, 1.82) is 5.26 Å². The number of amides is 2. The van der Waals surface area contributed by atoms with Crippen molar-refractivity contribution in [3.05, 3.63) is 65.9 Å². The molecule has 29 heavy (non-hydrogen) atoms. The third-order valence-electron chi connectivity index (χ3n) is 3.61. The van der Waals surface area contributed by atoms with Gasteiger partial charge < -0.3 is 20.7 Å². The number of nitrogens with zero attached hydrogens (tertiary/aromatic N) is 1. The Balaban J connectivity index is 2.00. The zero-order valence-corrected chi connectivity index (χ0v) is 16.0. The Morgan fingerprint density at radius 2 is 1.52 bits per heavy atom. The fourth-order valence-corrected chi connectivity index (χ4v) is 2.26. The van der Waals surface area contributed by atoms with E-state index in [2.05, 4.69) is 16.0 Å². The topological polar surface area (TPSA) is 120 Å². The van der Waals surface area contributed by atoms with Crippen molar-refractivity contribution < 1.29 is 19.1 Å². The molecule has 3 N–H and O–H groups in total. The van der Waals surface area contributed by atoms with E-state index in [0.29, 0.717) is 22.6 Å². The maximum Gasteiger partial charge on any atom is 0.338 e. The Kier molecular flexibility index (Phi) is 7.51. The van der Waals surface area contributed by atoms with Crippen molar-refractivity contribution >= 4 is 34.8 Å². The minimum atomic E-state index is -0.598. The van der Waals surface area contributed by atoms with Gasteiger partial charge in [-0.3, -0.25) is 9.59 Å². The number of nitriles is 1. The number of rotatable bonds is 7. The second-order valence-corrected chi connectivity index (χ2v) is 5.82. The third kappa shape index (κ3) is 6.52. The number of ether oxygens (including phenoxy) is 1. The van der Waals surface area contributed by atoms with Gasteiger partial charge in [-0.15, -0.1) is 0 Å². The molecule has 0 spiro atoms. The summed E-state index contributed by atoms with van der Waals surface area (Å²) in [5.41, 5.74) is 1.94. The average molecular weight is 392 g/mol. The van der Waals surface area contributed by atoms with Crippen LogP contribution in [-0.4, -0.2) is 24.4 Å². The van der Waals surface area contributed by atoms with E-state index in [0.717, 1.165) is 0 Å². The van der Waals surface area contributed by atoms with E-state index in [-0.39, 0.29) is 18.1 Å².